The van der Waals surface area contributed by atoms with E-state index in [2.05, 4.69) is 54.0 Å². The third-order valence-corrected chi connectivity index (χ3v) is 4.35. The van der Waals surface area contributed by atoms with Gasteiger partial charge in [-0.15, -0.1) is 0 Å². The van der Waals surface area contributed by atoms with E-state index in [1.807, 2.05) is 0 Å². The highest BCUT2D eigenvalue weighted by Crippen LogP contribution is 2.26. The van der Waals surface area contributed by atoms with Gasteiger partial charge in [0.25, 0.3) is 0 Å². The number of fused-ring (bicyclic) bond motifs is 1. The summed E-state index contributed by atoms with van der Waals surface area (Å²) in [6.07, 6.45) is 2.30. The van der Waals surface area contributed by atoms with E-state index in [-0.39, 0.29) is 0 Å². The number of aromatic nitrogens is 1. The van der Waals surface area contributed by atoms with Crippen LogP contribution in [-0.2, 0) is 13.6 Å². The molecule has 0 unspecified atom stereocenters. The number of nitrogens with zero attached hydrogens (tertiary/aromatic N) is 2. The van der Waals surface area contributed by atoms with Crippen LogP contribution in [-0.4, -0.2) is 35.6 Å². The van der Waals surface area contributed by atoms with Gasteiger partial charge in [-0.2, -0.15) is 0 Å². The number of hydrogen-bond donors (Lipinski definition) is 1. The highest BCUT2D eigenvalue weighted by Gasteiger charge is 2.14. The maximum atomic E-state index is 3.41. The number of piperazine rings is 1. The molecule has 2 aromatic rings. The first-order chi connectivity index (χ1) is 9.16. The standard InChI is InChI=1S/C16H23N3/c1-12-4-5-15-14(10-18(3)16(15)13(12)2)11-19-8-6-17-7-9-19/h4-5,10,17H,6-9,11H2,1-3H3. The molecule has 0 bridgehead atoms. The molecule has 1 aromatic heterocycles. The van der Waals surface area contributed by atoms with Gasteiger partial charge in [-0.25, -0.2) is 0 Å². The van der Waals surface area contributed by atoms with Crippen LogP contribution in [0.3, 0.4) is 0 Å². The van der Waals surface area contributed by atoms with Crippen molar-refractivity contribution in [2.45, 2.75) is 20.4 Å². The second kappa shape index (κ2) is 4.99. The summed E-state index contributed by atoms with van der Waals surface area (Å²) in [7, 11) is 2.16. The molecule has 0 radical (unpaired) electrons. The molecule has 0 spiro atoms. The van der Waals surface area contributed by atoms with Crippen molar-refractivity contribution >= 4 is 10.9 Å². The van der Waals surface area contributed by atoms with Crippen molar-refractivity contribution in [2.75, 3.05) is 26.2 Å². The largest absolute Gasteiger partial charge is 0.350 e. The van der Waals surface area contributed by atoms with Crippen LogP contribution in [0.1, 0.15) is 16.7 Å². The highest BCUT2D eigenvalue weighted by molar-refractivity contribution is 5.87. The number of aryl methyl sites for hydroxylation is 3. The van der Waals surface area contributed by atoms with E-state index in [4.69, 9.17) is 0 Å². The van der Waals surface area contributed by atoms with Crippen molar-refractivity contribution in [3.63, 3.8) is 0 Å². The third-order valence-electron chi connectivity index (χ3n) is 4.35. The molecular formula is C16H23N3. The molecule has 1 N–H and O–H groups in total. The minimum atomic E-state index is 1.07. The minimum Gasteiger partial charge on any atom is -0.350 e. The molecular weight excluding hydrogens is 234 g/mol. The van der Waals surface area contributed by atoms with Gasteiger partial charge in [-0.3, -0.25) is 4.90 Å². The van der Waals surface area contributed by atoms with Gasteiger partial charge >= 0.3 is 0 Å². The second-order valence-electron chi connectivity index (χ2n) is 5.70. The molecule has 0 amide bonds. The maximum Gasteiger partial charge on any atom is 0.0513 e. The SMILES string of the molecule is Cc1ccc2c(CN3CCNCC3)cn(C)c2c1C. The predicted octanol–water partition coefficient (Wildman–Crippen LogP) is 2.20. The van der Waals surface area contributed by atoms with Crippen LogP contribution in [0.2, 0.25) is 0 Å². The van der Waals surface area contributed by atoms with Gasteiger partial charge in [0.1, 0.15) is 0 Å². The van der Waals surface area contributed by atoms with Crippen LogP contribution >= 0.6 is 0 Å². The second-order valence-corrected chi connectivity index (χ2v) is 5.70. The molecule has 0 atom stereocenters. The third kappa shape index (κ3) is 2.28. The van der Waals surface area contributed by atoms with E-state index < -0.39 is 0 Å². The van der Waals surface area contributed by atoms with Crippen LogP contribution in [0.4, 0.5) is 0 Å². The summed E-state index contributed by atoms with van der Waals surface area (Å²) in [6.45, 7) is 10.0. The van der Waals surface area contributed by atoms with Crippen molar-refractivity contribution in [2.24, 2.45) is 7.05 Å². The fourth-order valence-corrected chi connectivity index (χ4v) is 3.12. The Kier molecular flexibility index (Phi) is 3.33. The van der Waals surface area contributed by atoms with Gasteiger partial charge in [0, 0.05) is 51.4 Å². The number of nitrogens with one attached hydrogen (secondary N) is 1. The molecule has 0 aliphatic carbocycles. The smallest absolute Gasteiger partial charge is 0.0513 e. The molecule has 102 valence electrons. The van der Waals surface area contributed by atoms with Crippen molar-refractivity contribution in [1.29, 1.82) is 0 Å². The van der Waals surface area contributed by atoms with Gasteiger partial charge in [0.2, 0.25) is 0 Å². The Hall–Kier alpha value is -1.32. The molecule has 3 heteroatoms. The summed E-state index contributed by atoms with van der Waals surface area (Å²) in [5.74, 6) is 0. The molecule has 1 fully saturated rings. The Labute approximate surface area is 115 Å². The summed E-state index contributed by atoms with van der Waals surface area (Å²) >= 11 is 0. The lowest BCUT2D eigenvalue weighted by Gasteiger charge is -2.26. The summed E-state index contributed by atoms with van der Waals surface area (Å²) in [5.41, 5.74) is 5.64. The molecule has 1 aliphatic heterocycles. The Morgan fingerprint density at radius 2 is 1.89 bits per heavy atom. The number of rotatable bonds is 2. The first-order valence-corrected chi connectivity index (χ1v) is 7.14. The molecule has 1 aliphatic rings. The fraction of sp³-hybridized carbons (Fsp3) is 0.500. The van der Waals surface area contributed by atoms with Gasteiger partial charge in [-0.05, 0) is 30.5 Å². The van der Waals surface area contributed by atoms with E-state index in [0.717, 1.165) is 32.7 Å². The van der Waals surface area contributed by atoms with Gasteiger partial charge < -0.3 is 9.88 Å². The molecule has 0 saturated carbocycles. The lowest BCUT2D eigenvalue weighted by atomic mass is 10.0. The zero-order chi connectivity index (χ0) is 13.4. The molecule has 1 aromatic carbocycles. The first-order valence-electron chi connectivity index (χ1n) is 7.14. The first kappa shape index (κ1) is 12.7. The van der Waals surface area contributed by atoms with Crippen LogP contribution in [0.5, 0.6) is 0 Å². The zero-order valence-electron chi connectivity index (χ0n) is 12.2. The average Bonchev–Trinajstić information content (AvgIpc) is 2.72. The van der Waals surface area contributed by atoms with E-state index in [0.29, 0.717) is 0 Å². The summed E-state index contributed by atoms with van der Waals surface area (Å²) in [4.78, 5) is 2.54. The molecule has 3 rings (SSSR count). The van der Waals surface area contributed by atoms with E-state index in [1.165, 1.54) is 27.6 Å². The average molecular weight is 257 g/mol. The highest BCUT2D eigenvalue weighted by atomic mass is 15.2. The normalized spacial score (nSPS) is 17.2. The van der Waals surface area contributed by atoms with Crippen LogP contribution < -0.4 is 5.32 Å². The lowest BCUT2D eigenvalue weighted by Crippen LogP contribution is -2.42. The predicted molar refractivity (Wildman–Crippen MR) is 80.5 cm³/mol. The summed E-state index contributed by atoms with van der Waals surface area (Å²) < 4.78 is 2.29. The molecule has 3 nitrogen and oxygen atoms in total. The van der Waals surface area contributed by atoms with Crippen molar-refractivity contribution in [1.82, 2.24) is 14.8 Å². The Morgan fingerprint density at radius 3 is 2.63 bits per heavy atom. The Bertz CT molecular complexity index is 592. The molecule has 1 saturated heterocycles. The Balaban J connectivity index is 1.98. The minimum absolute atomic E-state index is 1.07. The van der Waals surface area contributed by atoms with Crippen molar-refractivity contribution in [3.8, 4) is 0 Å². The summed E-state index contributed by atoms with van der Waals surface area (Å²) in [5, 5.41) is 4.83. The van der Waals surface area contributed by atoms with E-state index >= 15 is 0 Å². The number of benzene rings is 1. The molecule has 2 heterocycles. The summed E-state index contributed by atoms with van der Waals surface area (Å²) in [6, 6.07) is 4.54. The maximum absolute atomic E-state index is 3.41. The fourth-order valence-electron chi connectivity index (χ4n) is 3.12. The topological polar surface area (TPSA) is 20.2 Å². The van der Waals surface area contributed by atoms with Crippen LogP contribution in [0.15, 0.2) is 18.3 Å². The van der Waals surface area contributed by atoms with Gasteiger partial charge in [0.05, 0.1) is 5.52 Å². The molecule has 19 heavy (non-hydrogen) atoms. The lowest BCUT2D eigenvalue weighted by molar-refractivity contribution is 0.234. The van der Waals surface area contributed by atoms with Gasteiger partial charge in [0.15, 0.2) is 0 Å². The van der Waals surface area contributed by atoms with Crippen molar-refractivity contribution < 1.29 is 0 Å². The van der Waals surface area contributed by atoms with Crippen LogP contribution in [0.25, 0.3) is 10.9 Å². The zero-order valence-corrected chi connectivity index (χ0v) is 12.2. The van der Waals surface area contributed by atoms with Gasteiger partial charge in [-0.1, -0.05) is 12.1 Å². The van der Waals surface area contributed by atoms with Crippen LogP contribution in [0, 0.1) is 13.8 Å². The quantitative estimate of drug-likeness (QED) is 0.890. The van der Waals surface area contributed by atoms with Crippen molar-refractivity contribution in [3.05, 3.63) is 35.0 Å². The van der Waals surface area contributed by atoms with E-state index in [9.17, 15) is 0 Å². The number of hydrogen-bond acceptors (Lipinski definition) is 2. The Morgan fingerprint density at radius 1 is 1.16 bits per heavy atom. The van der Waals surface area contributed by atoms with E-state index in [1.54, 1.807) is 0 Å². The monoisotopic (exact) mass is 257 g/mol.